The Balaban J connectivity index is 3.75. The second-order valence-electron chi connectivity index (χ2n) is 3.86. The molecule has 0 aromatic carbocycles. The molecule has 0 aromatic rings. The summed E-state index contributed by atoms with van der Waals surface area (Å²) in [6, 6.07) is 0. The highest BCUT2D eigenvalue weighted by Crippen LogP contribution is 2.06. The van der Waals surface area contributed by atoms with Gasteiger partial charge in [-0.1, -0.05) is 0 Å². The Morgan fingerprint density at radius 2 is 1.86 bits per heavy atom. The lowest BCUT2D eigenvalue weighted by Gasteiger charge is -2.20. The van der Waals surface area contributed by atoms with Crippen LogP contribution in [-0.4, -0.2) is 46.0 Å². The quantitative estimate of drug-likeness (QED) is 0.453. The van der Waals surface area contributed by atoms with Crippen LogP contribution in [0.25, 0.3) is 0 Å². The molecule has 6 nitrogen and oxygen atoms in total. The molecule has 0 fully saturated rings. The first-order valence-corrected chi connectivity index (χ1v) is 4.23. The molecule has 0 saturated heterocycles. The van der Waals surface area contributed by atoms with Crippen LogP contribution in [0.1, 0.15) is 20.8 Å². The van der Waals surface area contributed by atoms with Crippen LogP contribution in [0.3, 0.4) is 0 Å². The van der Waals surface area contributed by atoms with Crippen molar-refractivity contribution in [2.45, 2.75) is 38.8 Å². The van der Waals surface area contributed by atoms with Gasteiger partial charge in [0.05, 0.1) is 6.54 Å². The van der Waals surface area contributed by atoms with E-state index in [0.29, 0.717) is 0 Å². The number of aliphatic hydroxyl groups is 3. The summed E-state index contributed by atoms with van der Waals surface area (Å²) in [6.07, 6.45) is -4.00. The summed E-state index contributed by atoms with van der Waals surface area (Å²) >= 11 is 0. The lowest BCUT2D eigenvalue weighted by molar-refractivity contribution is -0.119. The molecule has 0 aromatic heterocycles. The third-order valence-corrected chi connectivity index (χ3v) is 1.20. The molecule has 0 saturated carbocycles. The Morgan fingerprint density at radius 3 is 2.21 bits per heavy atom. The summed E-state index contributed by atoms with van der Waals surface area (Å²) in [5.74, 6) is 0. The zero-order chi connectivity index (χ0) is 11.4. The average molecular weight is 207 g/mol. The Kier molecular flexibility index (Phi) is 4.82. The zero-order valence-corrected chi connectivity index (χ0v) is 8.52. The molecule has 1 unspecified atom stereocenters. The number of ether oxygens (including phenoxy) is 1. The molecule has 0 spiro atoms. The molecule has 0 rings (SSSR count). The number of alkyl carbamates (subject to hydrolysis) is 1. The highest BCUT2D eigenvalue weighted by atomic mass is 16.6. The topological polar surface area (TPSA) is 99.0 Å². The summed E-state index contributed by atoms with van der Waals surface area (Å²) < 4.78 is 4.84. The summed E-state index contributed by atoms with van der Waals surface area (Å²) in [5.41, 5.74) is -0.618. The van der Waals surface area contributed by atoms with E-state index >= 15 is 0 Å². The van der Waals surface area contributed by atoms with Crippen LogP contribution in [-0.2, 0) is 4.74 Å². The third kappa shape index (κ3) is 6.64. The first kappa shape index (κ1) is 13.2. The number of hydrogen-bond donors (Lipinski definition) is 4. The molecule has 1 amide bonds. The first-order chi connectivity index (χ1) is 6.22. The van der Waals surface area contributed by atoms with Gasteiger partial charge < -0.3 is 25.4 Å². The Bertz CT molecular complexity index is 187. The van der Waals surface area contributed by atoms with Gasteiger partial charge >= 0.3 is 6.09 Å². The van der Waals surface area contributed by atoms with E-state index in [1.807, 2.05) is 0 Å². The van der Waals surface area contributed by atoms with E-state index in [0.717, 1.165) is 0 Å². The van der Waals surface area contributed by atoms with E-state index in [1.54, 1.807) is 20.8 Å². The van der Waals surface area contributed by atoms with Crippen LogP contribution < -0.4 is 5.32 Å². The lowest BCUT2D eigenvalue weighted by Crippen LogP contribution is -2.41. The zero-order valence-electron chi connectivity index (χ0n) is 8.52. The van der Waals surface area contributed by atoms with Gasteiger partial charge in [0, 0.05) is 0 Å². The standard InChI is InChI=1S/C8H17NO5/c1-8(2,3)14-7(13)9-4-5(10)6(11)12/h5-6,10-12H,4H2,1-3H3,(H,9,13). The van der Waals surface area contributed by atoms with Crippen molar-refractivity contribution in [3.8, 4) is 0 Å². The minimum absolute atomic E-state index is 0.271. The van der Waals surface area contributed by atoms with E-state index in [1.165, 1.54) is 0 Å². The molecule has 1 atom stereocenters. The number of aliphatic hydroxyl groups excluding tert-OH is 2. The second-order valence-corrected chi connectivity index (χ2v) is 3.86. The predicted octanol–water partition coefficient (Wildman–Crippen LogP) is -0.817. The van der Waals surface area contributed by atoms with Crippen molar-refractivity contribution < 1.29 is 24.9 Å². The molecule has 0 bridgehead atoms. The van der Waals surface area contributed by atoms with Gasteiger partial charge in [-0.25, -0.2) is 4.79 Å². The molecule has 0 aliphatic carbocycles. The average Bonchev–Trinajstić information content (AvgIpc) is 1.96. The van der Waals surface area contributed by atoms with Gasteiger partial charge in [-0.05, 0) is 20.8 Å². The molecular weight excluding hydrogens is 190 g/mol. The number of carbonyl (C=O) groups excluding carboxylic acids is 1. The second kappa shape index (κ2) is 5.14. The molecule has 14 heavy (non-hydrogen) atoms. The largest absolute Gasteiger partial charge is 0.444 e. The fourth-order valence-corrected chi connectivity index (χ4v) is 0.607. The van der Waals surface area contributed by atoms with Gasteiger partial charge in [0.25, 0.3) is 0 Å². The molecule has 0 radical (unpaired) electrons. The number of hydrogen-bond acceptors (Lipinski definition) is 5. The van der Waals surface area contributed by atoms with Crippen LogP contribution in [0.15, 0.2) is 0 Å². The van der Waals surface area contributed by atoms with Crippen molar-refractivity contribution in [1.29, 1.82) is 0 Å². The maximum atomic E-state index is 11.0. The molecule has 6 heteroatoms. The Labute approximate surface area is 82.5 Å². The van der Waals surface area contributed by atoms with Gasteiger partial charge in [0.1, 0.15) is 11.7 Å². The highest BCUT2D eigenvalue weighted by molar-refractivity contribution is 5.67. The molecule has 84 valence electrons. The van der Waals surface area contributed by atoms with Crippen LogP contribution in [0.5, 0.6) is 0 Å². The van der Waals surface area contributed by atoms with E-state index in [-0.39, 0.29) is 6.54 Å². The molecule has 0 heterocycles. The van der Waals surface area contributed by atoms with Crippen molar-refractivity contribution >= 4 is 6.09 Å². The normalized spacial score (nSPS) is 13.9. The van der Waals surface area contributed by atoms with Crippen molar-refractivity contribution in [2.24, 2.45) is 0 Å². The molecule has 0 aliphatic rings. The van der Waals surface area contributed by atoms with E-state index in [9.17, 15) is 4.79 Å². The lowest BCUT2D eigenvalue weighted by atomic mass is 10.2. The first-order valence-electron chi connectivity index (χ1n) is 4.23. The third-order valence-electron chi connectivity index (χ3n) is 1.20. The Morgan fingerprint density at radius 1 is 1.36 bits per heavy atom. The van der Waals surface area contributed by atoms with Crippen LogP contribution in [0.4, 0.5) is 4.79 Å². The number of carbonyl (C=O) groups is 1. The SMILES string of the molecule is CC(C)(C)OC(=O)NCC(O)C(O)O. The fraction of sp³-hybridized carbons (Fsp3) is 0.875. The molecule has 0 aliphatic heterocycles. The van der Waals surface area contributed by atoms with E-state index in [4.69, 9.17) is 20.1 Å². The molecule has 4 N–H and O–H groups in total. The summed E-state index contributed by atoms with van der Waals surface area (Å²) in [4.78, 5) is 11.0. The minimum atomic E-state index is -1.87. The van der Waals surface area contributed by atoms with Crippen molar-refractivity contribution in [3.05, 3.63) is 0 Å². The van der Waals surface area contributed by atoms with Crippen LogP contribution in [0, 0.1) is 0 Å². The highest BCUT2D eigenvalue weighted by Gasteiger charge is 2.18. The van der Waals surface area contributed by atoms with Gasteiger partial charge in [-0.3, -0.25) is 0 Å². The van der Waals surface area contributed by atoms with Crippen LogP contribution in [0.2, 0.25) is 0 Å². The monoisotopic (exact) mass is 207 g/mol. The fourth-order valence-electron chi connectivity index (χ4n) is 0.607. The predicted molar refractivity (Wildman–Crippen MR) is 48.5 cm³/mol. The van der Waals surface area contributed by atoms with Gasteiger partial charge in [-0.15, -0.1) is 0 Å². The minimum Gasteiger partial charge on any atom is -0.444 e. The maximum Gasteiger partial charge on any atom is 0.407 e. The van der Waals surface area contributed by atoms with Crippen LogP contribution >= 0.6 is 0 Å². The van der Waals surface area contributed by atoms with Crippen molar-refractivity contribution in [1.82, 2.24) is 5.32 Å². The van der Waals surface area contributed by atoms with E-state index in [2.05, 4.69) is 5.32 Å². The van der Waals surface area contributed by atoms with Crippen molar-refractivity contribution in [2.75, 3.05) is 6.54 Å². The number of rotatable bonds is 3. The smallest absolute Gasteiger partial charge is 0.407 e. The summed E-state index contributed by atoms with van der Waals surface area (Å²) in [6.45, 7) is 4.82. The summed E-state index contributed by atoms with van der Waals surface area (Å²) in [5, 5.41) is 28.1. The molecular formula is C8H17NO5. The van der Waals surface area contributed by atoms with Crippen molar-refractivity contribution in [3.63, 3.8) is 0 Å². The number of amides is 1. The number of nitrogens with one attached hydrogen (secondary N) is 1. The maximum absolute atomic E-state index is 11.0. The Hall–Kier alpha value is -0.850. The van der Waals surface area contributed by atoms with Gasteiger partial charge in [0.2, 0.25) is 0 Å². The van der Waals surface area contributed by atoms with E-state index < -0.39 is 24.1 Å². The van der Waals surface area contributed by atoms with Gasteiger partial charge in [-0.2, -0.15) is 0 Å². The van der Waals surface area contributed by atoms with Gasteiger partial charge in [0.15, 0.2) is 6.29 Å². The summed E-state index contributed by atoms with van der Waals surface area (Å²) in [7, 11) is 0.